The fourth-order valence-electron chi connectivity index (χ4n) is 4.19. The van der Waals surface area contributed by atoms with Gasteiger partial charge < -0.3 is 14.4 Å². The van der Waals surface area contributed by atoms with Crippen molar-refractivity contribution in [2.45, 2.75) is 20.8 Å². The zero-order valence-electron chi connectivity index (χ0n) is 20.1. The highest BCUT2D eigenvalue weighted by atomic mass is 16.5. The second kappa shape index (κ2) is 9.43. The standard InChI is InChI=1S/C28H28N2O4/c1-6-29(21-10-8-7-9-11-21)26-25(20-13-12-18(2)19(3)16-20)27(31)30(28(26)32)23-15-14-22(33-4)17-24(23)34-5/h7-17H,6H2,1-5H3. The molecule has 4 rings (SSSR count). The van der Waals surface area contributed by atoms with Crippen molar-refractivity contribution in [1.82, 2.24) is 0 Å². The van der Waals surface area contributed by atoms with E-state index in [2.05, 4.69) is 0 Å². The average molecular weight is 457 g/mol. The number of benzene rings is 3. The summed E-state index contributed by atoms with van der Waals surface area (Å²) < 4.78 is 10.8. The quantitative estimate of drug-likeness (QED) is 0.461. The maximum atomic E-state index is 14.0. The van der Waals surface area contributed by atoms with Gasteiger partial charge in [-0.3, -0.25) is 9.59 Å². The summed E-state index contributed by atoms with van der Waals surface area (Å²) >= 11 is 0. The lowest BCUT2D eigenvalue weighted by Gasteiger charge is -2.25. The van der Waals surface area contributed by atoms with Crippen LogP contribution < -0.4 is 19.3 Å². The van der Waals surface area contributed by atoms with E-state index in [9.17, 15) is 9.59 Å². The van der Waals surface area contributed by atoms with E-state index < -0.39 is 5.91 Å². The van der Waals surface area contributed by atoms with E-state index in [1.807, 2.05) is 74.2 Å². The molecule has 0 aromatic heterocycles. The number of rotatable bonds is 7. The van der Waals surface area contributed by atoms with E-state index in [1.165, 1.54) is 12.0 Å². The smallest absolute Gasteiger partial charge is 0.282 e. The Kier molecular flexibility index (Phi) is 6.41. The SMILES string of the molecule is CCN(C1=C(c2ccc(C)c(C)c2)C(=O)N(c2ccc(OC)cc2OC)C1=O)c1ccccc1. The number of aryl methyl sites for hydroxylation is 2. The van der Waals surface area contributed by atoms with Crippen LogP contribution in [0.25, 0.3) is 5.57 Å². The molecule has 1 aliphatic rings. The first-order valence-corrected chi connectivity index (χ1v) is 11.2. The van der Waals surface area contributed by atoms with Gasteiger partial charge in [0.1, 0.15) is 17.2 Å². The van der Waals surface area contributed by atoms with Gasteiger partial charge in [-0.05, 0) is 61.7 Å². The first-order chi connectivity index (χ1) is 16.4. The molecule has 1 aliphatic heterocycles. The molecule has 0 N–H and O–H groups in total. The van der Waals surface area contributed by atoms with Gasteiger partial charge in [-0.25, -0.2) is 4.90 Å². The van der Waals surface area contributed by atoms with E-state index in [0.29, 0.717) is 40.6 Å². The zero-order valence-corrected chi connectivity index (χ0v) is 20.1. The Morgan fingerprint density at radius 3 is 2.18 bits per heavy atom. The van der Waals surface area contributed by atoms with E-state index in [0.717, 1.165) is 16.8 Å². The van der Waals surface area contributed by atoms with Gasteiger partial charge in [-0.1, -0.05) is 36.4 Å². The van der Waals surface area contributed by atoms with Crippen LogP contribution in [-0.2, 0) is 9.59 Å². The second-order valence-electron chi connectivity index (χ2n) is 8.09. The number of imide groups is 1. The van der Waals surface area contributed by atoms with Crippen LogP contribution in [0.5, 0.6) is 11.5 Å². The number of ether oxygens (including phenoxy) is 2. The number of likely N-dealkylation sites (N-methyl/N-ethyl adjacent to an activating group) is 1. The van der Waals surface area contributed by atoms with Crippen molar-refractivity contribution in [2.75, 3.05) is 30.6 Å². The summed E-state index contributed by atoms with van der Waals surface area (Å²) in [7, 11) is 3.06. The molecular weight excluding hydrogens is 428 g/mol. The maximum absolute atomic E-state index is 14.0. The van der Waals surface area contributed by atoms with E-state index in [1.54, 1.807) is 25.3 Å². The predicted octanol–water partition coefficient (Wildman–Crippen LogP) is 5.13. The van der Waals surface area contributed by atoms with Gasteiger partial charge >= 0.3 is 0 Å². The Balaban J connectivity index is 1.93. The topological polar surface area (TPSA) is 59.1 Å². The first kappa shape index (κ1) is 23.1. The van der Waals surface area contributed by atoms with Gasteiger partial charge in [-0.15, -0.1) is 0 Å². The number of nitrogens with zero attached hydrogens (tertiary/aromatic N) is 2. The molecule has 0 radical (unpaired) electrons. The summed E-state index contributed by atoms with van der Waals surface area (Å²) in [6, 6.07) is 20.5. The molecule has 0 saturated heterocycles. The number of carbonyl (C=O) groups excluding carboxylic acids is 2. The molecule has 34 heavy (non-hydrogen) atoms. The predicted molar refractivity (Wildman–Crippen MR) is 134 cm³/mol. The number of para-hydroxylation sites is 1. The number of methoxy groups -OCH3 is 2. The molecule has 3 aromatic carbocycles. The molecule has 0 atom stereocenters. The van der Waals surface area contributed by atoms with Crippen LogP contribution in [0.15, 0.2) is 72.4 Å². The number of amides is 2. The van der Waals surface area contributed by atoms with Gasteiger partial charge in [0.2, 0.25) is 0 Å². The lowest BCUT2D eigenvalue weighted by Crippen LogP contribution is -2.35. The van der Waals surface area contributed by atoms with E-state index in [-0.39, 0.29) is 5.91 Å². The Morgan fingerprint density at radius 1 is 0.824 bits per heavy atom. The van der Waals surface area contributed by atoms with Crippen molar-refractivity contribution in [2.24, 2.45) is 0 Å². The molecule has 0 unspecified atom stereocenters. The Morgan fingerprint density at radius 2 is 1.56 bits per heavy atom. The Bertz CT molecular complexity index is 1280. The summed E-state index contributed by atoms with van der Waals surface area (Å²) in [4.78, 5) is 31.0. The highest BCUT2D eigenvalue weighted by Crippen LogP contribution is 2.41. The van der Waals surface area contributed by atoms with Crippen LogP contribution in [0.3, 0.4) is 0 Å². The molecule has 174 valence electrons. The monoisotopic (exact) mass is 456 g/mol. The third-order valence-electron chi connectivity index (χ3n) is 6.14. The highest BCUT2D eigenvalue weighted by molar-refractivity contribution is 6.46. The van der Waals surface area contributed by atoms with Crippen molar-refractivity contribution in [1.29, 1.82) is 0 Å². The van der Waals surface area contributed by atoms with Crippen molar-refractivity contribution < 1.29 is 19.1 Å². The molecule has 2 amide bonds. The van der Waals surface area contributed by atoms with Gasteiger partial charge in [0.25, 0.3) is 11.8 Å². The molecule has 1 heterocycles. The summed E-state index contributed by atoms with van der Waals surface area (Å²) in [5.74, 6) is 0.166. The van der Waals surface area contributed by atoms with Crippen molar-refractivity contribution >= 4 is 28.8 Å². The minimum absolute atomic E-state index is 0.347. The number of carbonyl (C=O) groups is 2. The lowest BCUT2D eigenvalue weighted by molar-refractivity contribution is -0.120. The maximum Gasteiger partial charge on any atom is 0.282 e. The second-order valence-corrected chi connectivity index (χ2v) is 8.09. The Labute approximate surface area is 200 Å². The zero-order chi connectivity index (χ0) is 24.4. The third kappa shape index (κ3) is 3.92. The van der Waals surface area contributed by atoms with Crippen LogP contribution in [-0.4, -0.2) is 32.6 Å². The minimum atomic E-state index is -0.396. The van der Waals surface area contributed by atoms with Crippen LogP contribution >= 0.6 is 0 Å². The van der Waals surface area contributed by atoms with Gasteiger partial charge in [0.05, 0.1) is 25.5 Å². The first-order valence-electron chi connectivity index (χ1n) is 11.2. The number of anilines is 2. The number of hydrogen-bond acceptors (Lipinski definition) is 5. The summed E-state index contributed by atoms with van der Waals surface area (Å²) in [5, 5.41) is 0. The molecule has 3 aromatic rings. The normalized spacial score (nSPS) is 13.5. The molecule has 0 aliphatic carbocycles. The molecular formula is C28H28N2O4. The highest BCUT2D eigenvalue weighted by Gasteiger charge is 2.43. The van der Waals surface area contributed by atoms with Gasteiger partial charge in [-0.2, -0.15) is 0 Å². The van der Waals surface area contributed by atoms with E-state index in [4.69, 9.17) is 9.47 Å². The fraction of sp³-hybridized carbons (Fsp3) is 0.214. The van der Waals surface area contributed by atoms with Crippen LogP contribution in [0.1, 0.15) is 23.6 Å². The van der Waals surface area contributed by atoms with Gasteiger partial charge in [0.15, 0.2) is 0 Å². The van der Waals surface area contributed by atoms with Gasteiger partial charge in [0, 0.05) is 18.3 Å². The molecule has 0 bridgehead atoms. The molecule has 6 heteroatoms. The molecule has 0 spiro atoms. The van der Waals surface area contributed by atoms with Crippen molar-refractivity contribution in [3.63, 3.8) is 0 Å². The third-order valence-corrected chi connectivity index (χ3v) is 6.14. The van der Waals surface area contributed by atoms with Crippen molar-refractivity contribution in [3.05, 3.63) is 89.1 Å². The summed E-state index contributed by atoms with van der Waals surface area (Å²) in [6.45, 7) is 6.50. The van der Waals surface area contributed by atoms with E-state index >= 15 is 0 Å². The molecule has 6 nitrogen and oxygen atoms in total. The fourth-order valence-corrected chi connectivity index (χ4v) is 4.19. The number of hydrogen-bond donors (Lipinski definition) is 0. The Hall–Kier alpha value is -4.06. The average Bonchev–Trinajstić information content (AvgIpc) is 3.11. The summed E-state index contributed by atoms with van der Waals surface area (Å²) in [5.41, 5.74) is 4.81. The van der Waals surface area contributed by atoms with Crippen LogP contribution in [0.4, 0.5) is 11.4 Å². The minimum Gasteiger partial charge on any atom is -0.497 e. The lowest BCUT2D eigenvalue weighted by atomic mass is 9.99. The molecule has 0 saturated carbocycles. The summed E-state index contributed by atoms with van der Waals surface area (Å²) in [6.07, 6.45) is 0. The molecule has 0 fully saturated rings. The van der Waals surface area contributed by atoms with Crippen LogP contribution in [0, 0.1) is 13.8 Å². The van der Waals surface area contributed by atoms with Crippen molar-refractivity contribution in [3.8, 4) is 11.5 Å². The van der Waals surface area contributed by atoms with Crippen LogP contribution in [0.2, 0.25) is 0 Å². The largest absolute Gasteiger partial charge is 0.497 e.